The maximum absolute atomic E-state index is 8.64. The van der Waals surface area contributed by atoms with E-state index in [4.69, 9.17) is 15.3 Å². The number of aliphatic hydroxyl groups excluding tert-OH is 1. The van der Waals surface area contributed by atoms with Crippen LogP contribution in [-0.2, 0) is 0 Å². The van der Waals surface area contributed by atoms with Crippen LogP contribution >= 0.6 is 0 Å². The summed E-state index contributed by atoms with van der Waals surface area (Å²) in [5.74, 6) is 0.456. The van der Waals surface area contributed by atoms with E-state index in [0.29, 0.717) is 11.9 Å². The van der Waals surface area contributed by atoms with Crippen molar-refractivity contribution in [2.24, 2.45) is 5.73 Å². The summed E-state index contributed by atoms with van der Waals surface area (Å²) >= 11 is 0. The van der Waals surface area contributed by atoms with Gasteiger partial charge in [-0.1, -0.05) is 5.10 Å². The molecule has 92 valence electrons. The molecule has 16 heavy (non-hydrogen) atoms. The van der Waals surface area contributed by atoms with Gasteiger partial charge in [-0.3, -0.25) is 0 Å². The molecule has 6 nitrogen and oxygen atoms in total. The second kappa shape index (κ2) is 6.44. The minimum absolute atomic E-state index is 0.232. The van der Waals surface area contributed by atoms with Gasteiger partial charge >= 0.3 is 6.01 Å². The number of aliphatic hydroxyl groups is 1. The monoisotopic (exact) mass is 228 g/mol. The van der Waals surface area contributed by atoms with Crippen molar-refractivity contribution in [3.63, 3.8) is 0 Å². The third-order valence-corrected chi connectivity index (χ3v) is 2.30. The normalized spacial score (nSPS) is 12.8. The zero-order chi connectivity index (χ0) is 12.0. The molecule has 0 aromatic carbocycles. The van der Waals surface area contributed by atoms with Crippen LogP contribution in [0.2, 0.25) is 0 Å². The summed E-state index contributed by atoms with van der Waals surface area (Å²) in [6.45, 7) is 2.89. The van der Waals surface area contributed by atoms with Crippen LogP contribution in [0.4, 0.5) is 6.01 Å². The molecule has 0 aliphatic rings. The average Bonchev–Trinajstić information content (AvgIpc) is 2.73. The highest BCUT2D eigenvalue weighted by molar-refractivity contribution is 5.21. The largest absolute Gasteiger partial charge is 0.406 e. The molecule has 0 bridgehead atoms. The van der Waals surface area contributed by atoms with Crippen LogP contribution in [0.25, 0.3) is 0 Å². The van der Waals surface area contributed by atoms with Crippen LogP contribution in [0.1, 0.15) is 38.1 Å². The summed E-state index contributed by atoms with van der Waals surface area (Å²) < 4.78 is 5.39. The van der Waals surface area contributed by atoms with Gasteiger partial charge in [0.1, 0.15) is 0 Å². The van der Waals surface area contributed by atoms with E-state index in [1.807, 2.05) is 11.9 Å². The number of nitrogens with zero attached hydrogens (tertiary/aromatic N) is 3. The Hall–Kier alpha value is -1.14. The summed E-state index contributed by atoms with van der Waals surface area (Å²) in [7, 11) is 1.90. The molecule has 1 atom stereocenters. The van der Waals surface area contributed by atoms with Crippen LogP contribution in [0.3, 0.4) is 0 Å². The van der Waals surface area contributed by atoms with Crippen molar-refractivity contribution in [2.45, 2.75) is 32.2 Å². The van der Waals surface area contributed by atoms with Crippen LogP contribution < -0.4 is 10.6 Å². The fraction of sp³-hybridized carbons (Fsp3) is 0.800. The van der Waals surface area contributed by atoms with Gasteiger partial charge < -0.3 is 20.2 Å². The van der Waals surface area contributed by atoms with Gasteiger partial charge in [0.2, 0.25) is 5.89 Å². The van der Waals surface area contributed by atoms with Crippen LogP contribution in [-0.4, -0.2) is 35.5 Å². The quantitative estimate of drug-likeness (QED) is 0.667. The molecule has 0 aliphatic heterocycles. The molecule has 1 rings (SSSR count). The van der Waals surface area contributed by atoms with Crippen molar-refractivity contribution in [3.8, 4) is 0 Å². The Morgan fingerprint density at radius 1 is 1.38 bits per heavy atom. The molecule has 0 aliphatic carbocycles. The SMILES string of the molecule is CC(N)c1nnc(N(C)CCCCCO)o1. The molecular weight excluding hydrogens is 208 g/mol. The molecular formula is C10H20N4O2. The number of rotatable bonds is 7. The van der Waals surface area contributed by atoms with E-state index in [0.717, 1.165) is 25.8 Å². The zero-order valence-corrected chi connectivity index (χ0v) is 9.89. The first-order valence-electron chi connectivity index (χ1n) is 5.56. The first-order valence-corrected chi connectivity index (χ1v) is 5.56. The minimum atomic E-state index is -0.232. The molecule has 0 saturated carbocycles. The maximum atomic E-state index is 8.64. The molecule has 0 amide bonds. The smallest absolute Gasteiger partial charge is 0.317 e. The molecule has 0 fully saturated rings. The van der Waals surface area contributed by atoms with Crippen molar-refractivity contribution in [1.29, 1.82) is 0 Å². The molecule has 0 saturated heterocycles. The Kier molecular flexibility index (Phi) is 5.21. The Balaban J connectivity index is 2.37. The van der Waals surface area contributed by atoms with Crippen molar-refractivity contribution in [3.05, 3.63) is 5.89 Å². The van der Waals surface area contributed by atoms with E-state index < -0.39 is 0 Å². The molecule has 6 heteroatoms. The van der Waals surface area contributed by atoms with Crippen LogP contribution in [0, 0.1) is 0 Å². The number of unbranched alkanes of at least 4 members (excludes halogenated alkanes) is 2. The second-order valence-corrected chi connectivity index (χ2v) is 3.92. The lowest BCUT2D eigenvalue weighted by molar-refractivity contribution is 0.283. The third-order valence-electron chi connectivity index (χ3n) is 2.30. The summed E-state index contributed by atoms with van der Waals surface area (Å²) in [5, 5.41) is 16.4. The Morgan fingerprint density at radius 3 is 2.69 bits per heavy atom. The number of hydrogen-bond donors (Lipinski definition) is 2. The highest BCUT2D eigenvalue weighted by Gasteiger charge is 2.12. The van der Waals surface area contributed by atoms with Crippen LogP contribution in [0.5, 0.6) is 0 Å². The van der Waals surface area contributed by atoms with Gasteiger partial charge in [0.05, 0.1) is 6.04 Å². The predicted octanol–water partition coefficient (Wildman–Crippen LogP) is 0.688. The predicted molar refractivity (Wildman–Crippen MR) is 61.1 cm³/mol. The van der Waals surface area contributed by atoms with Gasteiger partial charge in [-0.25, -0.2) is 0 Å². The van der Waals surface area contributed by atoms with Gasteiger partial charge in [0, 0.05) is 20.2 Å². The van der Waals surface area contributed by atoms with Gasteiger partial charge in [0.15, 0.2) is 0 Å². The van der Waals surface area contributed by atoms with E-state index in [9.17, 15) is 0 Å². The Morgan fingerprint density at radius 2 is 2.12 bits per heavy atom. The van der Waals surface area contributed by atoms with E-state index in [-0.39, 0.29) is 12.6 Å². The average molecular weight is 228 g/mol. The van der Waals surface area contributed by atoms with E-state index in [1.54, 1.807) is 6.92 Å². The number of hydrogen-bond acceptors (Lipinski definition) is 6. The maximum Gasteiger partial charge on any atom is 0.317 e. The fourth-order valence-electron chi connectivity index (χ4n) is 1.30. The van der Waals surface area contributed by atoms with Gasteiger partial charge in [0.25, 0.3) is 0 Å². The summed E-state index contributed by atoms with van der Waals surface area (Å²) in [6, 6.07) is 0.264. The first-order chi connectivity index (χ1) is 7.65. The lowest BCUT2D eigenvalue weighted by atomic mass is 10.2. The van der Waals surface area contributed by atoms with E-state index in [1.165, 1.54) is 0 Å². The molecule has 1 heterocycles. The second-order valence-electron chi connectivity index (χ2n) is 3.92. The van der Waals surface area contributed by atoms with Gasteiger partial charge in [-0.2, -0.15) is 0 Å². The van der Waals surface area contributed by atoms with Gasteiger partial charge in [-0.05, 0) is 26.2 Å². The molecule has 1 aromatic rings. The highest BCUT2D eigenvalue weighted by atomic mass is 16.4. The number of aromatic nitrogens is 2. The molecule has 0 spiro atoms. The molecule has 1 unspecified atom stereocenters. The van der Waals surface area contributed by atoms with Gasteiger partial charge in [-0.15, -0.1) is 5.10 Å². The Bertz CT molecular complexity index is 301. The van der Waals surface area contributed by atoms with E-state index >= 15 is 0 Å². The molecule has 1 aromatic heterocycles. The first kappa shape index (κ1) is 12.9. The summed E-state index contributed by atoms with van der Waals surface area (Å²) in [5.41, 5.74) is 5.62. The minimum Gasteiger partial charge on any atom is -0.406 e. The summed E-state index contributed by atoms with van der Waals surface area (Å²) in [6.07, 6.45) is 2.82. The lowest BCUT2D eigenvalue weighted by Crippen LogP contribution is -2.18. The number of nitrogens with two attached hydrogens (primary N) is 1. The number of anilines is 1. The van der Waals surface area contributed by atoms with Crippen molar-refractivity contribution in [1.82, 2.24) is 10.2 Å². The van der Waals surface area contributed by atoms with Crippen molar-refractivity contribution >= 4 is 6.01 Å². The molecule has 3 N–H and O–H groups in total. The Labute approximate surface area is 95.4 Å². The van der Waals surface area contributed by atoms with E-state index in [2.05, 4.69) is 10.2 Å². The topological polar surface area (TPSA) is 88.4 Å². The summed E-state index contributed by atoms with van der Waals surface area (Å²) in [4.78, 5) is 1.90. The standard InChI is InChI=1S/C10H20N4O2/c1-8(11)9-12-13-10(16-9)14(2)6-4-3-5-7-15/h8,15H,3-7,11H2,1-2H3. The molecule has 0 radical (unpaired) electrons. The van der Waals surface area contributed by atoms with Crippen molar-refractivity contribution < 1.29 is 9.52 Å². The third kappa shape index (κ3) is 3.79. The van der Waals surface area contributed by atoms with Crippen molar-refractivity contribution in [2.75, 3.05) is 25.1 Å². The fourth-order valence-corrected chi connectivity index (χ4v) is 1.30. The highest BCUT2D eigenvalue weighted by Crippen LogP contribution is 2.14. The lowest BCUT2D eigenvalue weighted by Gasteiger charge is -2.13. The zero-order valence-electron chi connectivity index (χ0n) is 9.89. The van der Waals surface area contributed by atoms with Crippen LogP contribution in [0.15, 0.2) is 4.42 Å².